The molecule has 0 atom stereocenters. The van der Waals surface area contributed by atoms with Gasteiger partial charge >= 0.3 is 5.97 Å². The first kappa shape index (κ1) is 23.8. The van der Waals surface area contributed by atoms with Crippen molar-refractivity contribution in [1.29, 1.82) is 0 Å². The Morgan fingerprint density at radius 2 is 1.58 bits per heavy atom. The lowest BCUT2D eigenvalue weighted by molar-refractivity contribution is -0.128. The van der Waals surface area contributed by atoms with Crippen molar-refractivity contribution in [2.75, 3.05) is 0 Å². The molecular formula is C31H40O2. The molecule has 0 unspecified atom stereocenters. The molecule has 33 heavy (non-hydrogen) atoms. The summed E-state index contributed by atoms with van der Waals surface area (Å²) in [5, 5.41) is 0. The van der Waals surface area contributed by atoms with Crippen molar-refractivity contribution >= 4 is 5.97 Å². The fourth-order valence-electron chi connectivity index (χ4n) is 6.41. The molecule has 0 aromatic heterocycles. The van der Waals surface area contributed by atoms with Crippen LogP contribution in [0, 0.1) is 24.7 Å². The molecule has 2 aliphatic carbocycles. The van der Waals surface area contributed by atoms with Gasteiger partial charge in [-0.05, 0) is 104 Å². The molecule has 176 valence electrons. The second-order valence-electron chi connectivity index (χ2n) is 10.4. The summed E-state index contributed by atoms with van der Waals surface area (Å²) in [6, 6.07) is 14.8. The molecule has 0 N–H and O–H groups in total. The summed E-state index contributed by atoms with van der Waals surface area (Å²) in [6.07, 6.45) is 15.5. The van der Waals surface area contributed by atoms with E-state index in [0.717, 1.165) is 23.3 Å². The Kier molecular flexibility index (Phi) is 8.06. The minimum absolute atomic E-state index is 0.429. The summed E-state index contributed by atoms with van der Waals surface area (Å²) < 4.78 is 5.19. The van der Waals surface area contributed by atoms with Gasteiger partial charge in [0, 0.05) is 6.08 Å². The lowest BCUT2D eigenvalue weighted by Crippen LogP contribution is -2.25. The summed E-state index contributed by atoms with van der Waals surface area (Å²) in [4.78, 5) is 11.4. The molecule has 0 radical (unpaired) electrons. The van der Waals surface area contributed by atoms with Crippen molar-refractivity contribution in [1.82, 2.24) is 0 Å². The van der Waals surface area contributed by atoms with E-state index >= 15 is 0 Å². The van der Waals surface area contributed by atoms with E-state index in [0.29, 0.717) is 11.7 Å². The zero-order valence-electron chi connectivity index (χ0n) is 20.5. The number of aryl methyl sites for hydroxylation is 1. The molecule has 0 spiro atoms. The number of hydrogen-bond acceptors (Lipinski definition) is 2. The average molecular weight is 445 g/mol. The molecule has 2 saturated carbocycles. The van der Waals surface area contributed by atoms with Gasteiger partial charge < -0.3 is 4.74 Å². The van der Waals surface area contributed by atoms with Crippen molar-refractivity contribution in [3.05, 3.63) is 66.2 Å². The lowest BCUT2D eigenvalue weighted by Gasteiger charge is -2.38. The maximum atomic E-state index is 11.4. The highest BCUT2D eigenvalue weighted by atomic mass is 16.5. The molecule has 2 fully saturated rings. The predicted octanol–water partition coefficient (Wildman–Crippen LogP) is 8.63. The van der Waals surface area contributed by atoms with E-state index in [2.05, 4.69) is 38.6 Å². The Bertz CT molecular complexity index is 926. The lowest BCUT2D eigenvalue weighted by atomic mass is 9.68. The Hall–Kier alpha value is -2.35. The Labute approximate surface area is 200 Å². The van der Waals surface area contributed by atoms with Gasteiger partial charge in [-0.15, -0.1) is 0 Å². The van der Waals surface area contributed by atoms with Crippen LogP contribution in [-0.4, -0.2) is 5.97 Å². The summed E-state index contributed by atoms with van der Waals surface area (Å²) in [5.74, 6) is 3.82. The first-order valence-corrected chi connectivity index (χ1v) is 13.1. The molecule has 0 bridgehead atoms. The third kappa shape index (κ3) is 5.96. The van der Waals surface area contributed by atoms with Crippen LogP contribution < -0.4 is 4.74 Å². The van der Waals surface area contributed by atoms with Crippen LogP contribution in [0.15, 0.2) is 55.1 Å². The highest BCUT2D eigenvalue weighted by Gasteiger charge is 2.31. The van der Waals surface area contributed by atoms with Crippen molar-refractivity contribution < 1.29 is 9.53 Å². The summed E-state index contributed by atoms with van der Waals surface area (Å²) in [6.45, 7) is 7.99. The van der Waals surface area contributed by atoms with Crippen LogP contribution in [0.2, 0.25) is 0 Å². The van der Waals surface area contributed by atoms with Crippen LogP contribution in [-0.2, 0) is 4.79 Å². The Morgan fingerprint density at radius 3 is 2.15 bits per heavy atom. The van der Waals surface area contributed by atoms with E-state index in [9.17, 15) is 4.79 Å². The monoisotopic (exact) mass is 444 g/mol. The zero-order chi connectivity index (χ0) is 23.2. The zero-order valence-corrected chi connectivity index (χ0v) is 20.5. The normalized spacial score (nSPS) is 25.4. The standard InChI is InChI=1S/C31H40O2/c1-4-6-23-7-9-24(10-8-23)25-11-13-26(14-12-25)28-17-20-30(22(3)21-28)27-15-18-29(19-16-27)33-31(32)5-2/h5,15-21,23-26H,2,4,6-14H2,1,3H3. The van der Waals surface area contributed by atoms with Gasteiger partial charge in [-0.25, -0.2) is 4.79 Å². The summed E-state index contributed by atoms with van der Waals surface area (Å²) >= 11 is 0. The first-order valence-electron chi connectivity index (χ1n) is 13.1. The van der Waals surface area contributed by atoms with E-state index in [1.165, 1.54) is 87.0 Å². The number of hydrogen-bond donors (Lipinski definition) is 0. The van der Waals surface area contributed by atoms with E-state index < -0.39 is 5.97 Å². The van der Waals surface area contributed by atoms with Crippen LogP contribution in [0.3, 0.4) is 0 Å². The molecule has 0 amide bonds. The molecular weight excluding hydrogens is 404 g/mol. The number of esters is 1. The molecule has 2 nitrogen and oxygen atoms in total. The SMILES string of the molecule is C=CC(=O)Oc1ccc(-c2ccc(C3CCC(C4CCC(CCC)CC4)CC3)cc2C)cc1. The highest BCUT2D eigenvalue weighted by Crippen LogP contribution is 2.45. The third-order valence-corrected chi connectivity index (χ3v) is 8.30. The summed E-state index contributed by atoms with van der Waals surface area (Å²) in [7, 11) is 0. The molecule has 2 heteroatoms. The van der Waals surface area contributed by atoms with Gasteiger partial charge in [-0.3, -0.25) is 0 Å². The highest BCUT2D eigenvalue weighted by molar-refractivity contribution is 5.83. The van der Waals surface area contributed by atoms with Crippen molar-refractivity contribution in [2.45, 2.75) is 84.0 Å². The minimum atomic E-state index is -0.429. The number of rotatable bonds is 7. The van der Waals surface area contributed by atoms with Crippen LogP contribution in [0.5, 0.6) is 5.75 Å². The van der Waals surface area contributed by atoms with E-state index in [1.807, 2.05) is 24.3 Å². The van der Waals surface area contributed by atoms with Crippen molar-refractivity contribution in [2.24, 2.45) is 17.8 Å². The molecule has 2 aromatic carbocycles. The van der Waals surface area contributed by atoms with Crippen LogP contribution in [0.4, 0.5) is 0 Å². The van der Waals surface area contributed by atoms with Crippen molar-refractivity contribution in [3.8, 4) is 16.9 Å². The fraction of sp³-hybridized carbons (Fsp3) is 0.516. The van der Waals surface area contributed by atoms with Crippen molar-refractivity contribution in [3.63, 3.8) is 0 Å². The molecule has 2 aliphatic rings. The maximum Gasteiger partial charge on any atom is 0.335 e. The minimum Gasteiger partial charge on any atom is -0.423 e. The average Bonchev–Trinajstić information content (AvgIpc) is 2.85. The predicted molar refractivity (Wildman–Crippen MR) is 138 cm³/mol. The number of benzene rings is 2. The molecule has 0 heterocycles. The van der Waals surface area contributed by atoms with E-state index in [4.69, 9.17) is 4.74 Å². The molecule has 0 saturated heterocycles. The topological polar surface area (TPSA) is 26.3 Å². The fourth-order valence-corrected chi connectivity index (χ4v) is 6.41. The van der Waals surface area contributed by atoms with Gasteiger partial charge in [0.05, 0.1) is 0 Å². The van der Waals surface area contributed by atoms with Gasteiger partial charge in [0.25, 0.3) is 0 Å². The molecule has 4 rings (SSSR count). The third-order valence-electron chi connectivity index (χ3n) is 8.30. The van der Waals surface area contributed by atoms with Crippen LogP contribution in [0.25, 0.3) is 11.1 Å². The first-order chi connectivity index (χ1) is 16.1. The quantitative estimate of drug-likeness (QED) is 0.243. The van der Waals surface area contributed by atoms with Crippen LogP contribution >= 0.6 is 0 Å². The Balaban J connectivity index is 1.33. The maximum absolute atomic E-state index is 11.4. The van der Waals surface area contributed by atoms with Gasteiger partial charge in [0.15, 0.2) is 0 Å². The van der Waals surface area contributed by atoms with E-state index in [1.54, 1.807) is 0 Å². The van der Waals surface area contributed by atoms with Gasteiger partial charge in [0.2, 0.25) is 0 Å². The number of ether oxygens (including phenoxy) is 1. The van der Waals surface area contributed by atoms with Gasteiger partial charge in [0.1, 0.15) is 5.75 Å². The second kappa shape index (κ2) is 11.2. The van der Waals surface area contributed by atoms with Gasteiger partial charge in [-0.1, -0.05) is 69.5 Å². The number of carbonyl (C=O) groups excluding carboxylic acids is 1. The second-order valence-corrected chi connectivity index (χ2v) is 10.4. The largest absolute Gasteiger partial charge is 0.423 e. The number of carbonyl (C=O) groups is 1. The molecule has 0 aliphatic heterocycles. The van der Waals surface area contributed by atoms with E-state index in [-0.39, 0.29) is 0 Å². The van der Waals surface area contributed by atoms with Crippen LogP contribution in [0.1, 0.15) is 88.2 Å². The summed E-state index contributed by atoms with van der Waals surface area (Å²) in [5.41, 5.74) is 5.23. The Morgan fingerprint density at radius 1 is 0.939 bits per heavy atom. The smallest absolute Gasteiger partial charge is 0.335 e. The van der Waals surface area contributed by atoms with Gasteiger partial charge in [-0.2, -0.15) is 0 Å². The molecule has 2 aromatic rings.